The second-order valence-electron chi connectivity index (χ2n) is 5.16. The van der Waals surface area contributed by atoms with Crippen molar-refractivity contribution >= 4 is 23.4 Å². The molecule has 2 atom stereocenters. The molecule has 1 N–H and O–H groups in total. The van der Waals surface area contributed by atoms with Gasteiger partial charge >= 0.3 is 0 Å². The molecule has 2 heterocycles. The Labute approximate surface area is 128 Å². The zero-order valence-corrected chi connectivity index (χ0v) is 13.2. The number of fused-ring (bicyclic) bond motifs is 1. The number of rotatable bonds is 3. The number of aryl methyl sites for hydroxylation is 1. The maximum Gasteiger partial charge on any atom is 0.125 e. The molecule has 0 saturated carbocycles. The average molecular weight is 308 g/mol. The highest BCUT2D eigenvalue weighted by molar-refractivity contribution is 7.99. The summed E-state index contributed by atoms with van der Waals surface area (Å²) in [5.41, 5.74) is 1.31. The van der Waals surface area contributed by atoms with Crippen molar-refractivity contribution in [2.45, 2.75) is 30.3 Å². The Morgan fingerprint density at radius 1 is 1.50 bits per heavy atom. The van der Waals surface area contributed by atoms with Gasteiger partial charge in [0.2, 0.25) is 0 Å². The van der Waals surface area contributed by atoms with Gasteiger partial charge in [-0.1, -0.05) is 11.6 Å². The molecule has 1 aromatic carbocycles. The van der Waals surface area contributed by atoms with Crippen LogP contribution in [-0.4, -0.2) is 15.3 Å². The van der Waals surface area contributed by atoms with Crippen LogP contribution < -0.4 is 5.32 Å². The standard InChI is InChI=1S/C15H18ClN3S/c1-10(15-17-6-7-19(15)2)18-13-5-8-20-14-4-3-11(16)9-12(13)14/h3-4,6-7,9-10,13,18H,5,8H2,1-2H3. The number of imidazole rings is 1. The van der Waals surface area contributed by atoms with Crippen LogP contribution in [-0.2, 0) is 7.05 Å². The molecule has 5 heteroatoms. The van der Waals surface area contributed by atoms with Crippen LogP contribution in [0.5, 0.6) is 0 Å². The minimum absolute atomic E-state index is 0.218. The molecule has 1 aliphatic heterocycles. The highest BCUT2D eigenvalue weighted by Crippen LogP contribution is 2.38. The summed E-state index contributed by atoms with van der Waals surface area (Å²) in [5.74, 6) is 2.20. The van der Waals surface area contributed by atoms with E-state index in [0.717, 1.165) is 23.0 Å². The highest BCUT2D eigenvalue weighted by atomic mass is 35.5. The monoisotopic (exact) mass is 307 g/mol. The Kier molecular flexibility index (Phi) is 4.06. The molecule has 1 aromatic heterocycles. The molecule has 2 aromatic rings. The Hall–Kier alpha value is -0.970. The Morgan fingerprint density at radius 2 is 2.35 bits per heavy atom. The Balaban J connectivity index is 1.83. The van der Waals surface area contributed by atoms with Crippen LogP contribution >= 0.6 is 23.4 Å². The minimum Gasteiger partial charge on any atom is -0.337 e. The van der Waals surface area contributed by atoms with Gasteiger partial charge in [-0.2, -0.15) is 0 Å². The van der Waals surface area contributed by atoms with Crippen molar-refractivity contribution in [1.82, 2.24) is 14.9 Å². The smallest absolute Gasteiger partial charge is 0.125 e. The number of halogens is 1. The number of thioether (sulfide) groups is 1. The van der Waals surface area contributed by atoms with E-state index < -0.39 is 0 Å². The number of hydrogen-bond donors (Lipinski definition) is 1. The summed E-state index contributed by atoms with van der Waals surface area (Å²) in [5, 5.41) is 4.50. The predicted molar refractivity (Wildman–Crippen MR) is 84.3 cm³/mol. The van der Waals surface area contributed by atoms with E-state index in [0.29, 0.717) is 6.04 Å². The van der Waals surface area contributed by atoms with Gasteiger partial charge in [-0.05, 0) is 42.9 Å². The van der Waals surface area contributed by atoms with Gasteiger partial charge in [-0.25, -0.2) is 4.98 Å². The summed E-state index contributed by atoms with van der Waals surface area (Å²) in [6, 6.07) is 6.75. The largest absolute Gasteiger partial charge is 0.337 e. The van der Waals surface area contributed by atoms with E-state index in [1.54, 1.807) is 0 Å². The van der Waals surface area contributed by atoms with Gasteiger partial charge in [0.1, 0.15) is 5.82 Å². The van der Waals surface area contributed by atoms with Crippen molar-refractivity contribution in [2.24, 2.45) is 7.05 Å². The van der Waals surface area contributed by atoms with E-state index in [1.165, 1.54) is 10.5 Å². The van der Waals surface area contributed by atoms with Gasteiger partial charge in [0.15, 0.2) is 0 Å². The predicted octanol–water partition coefficient (Wildman–Crippen LogP) is 3.96. The molecule has 0 aliphatic carbocycles. The fraction of sp³-hybridized carbons (Fsp3) is 0.400. The lowest BCUT2D eigenvalue weighted by atomic mass is 10.0. The van der Waals surface area contributed by atoms with Crippen molar-refractivity contribution in [3.8, 4) is 0 Å². The van der Waals surface area contributed by atoms with Crippen LogP contribution in [0.15, 0.2) is 35.5 Å². The van der Waals surface area contributed by atoms with E-state index >= 15 is 0 Å². The summed E-state index contributed by atoms with van der Waals surface area (Å²) in [6.45, 7) is 2.16. The first-order chi connectivity index (χ1) is 9.65. The van der Waals surface area contributed by atoms with E-state index in [-0.39, 0.29) is 6.04 Å². The lowest BCUT2D eigenvalue weighted by molar-refractivity contribution is 0.430. The fourth-order valence-electron chi connectivity index (χ4n) is 2.71. The van der Waals surface area contributed by atoms with Crippen LogP contribution in [0.2, 0.25) is 5.02 Å². The molecule has 3 nitrogen and oxygen atoms in total. The van der Waals surface area contributed by atoms with Crippen LogP contribution in [0.4, 0.5) is 0 Å². The molecule has 1 aliphatic rings. The maximum atomic E-state index is 6.15. The first-order valence-electron chi connectivity index (χ1n) is 6.80. The fourth-order valence-corrected chi connectivity index (χ4v) is 4.00. The zero-order chi connectivity index (χ0) is 14.1. The lowest BCUT2D eigenvalue weighted by Gasteiger charge is -2.29. The molecule has 0 spiro atoms. The summed E-state index contributed by atoms with van der Waals surface area (Å²) < 4.78 is 2.06. The average Bonchev–Trinajstić information content (AvgIpc) is 2.86. The van der Waals surface area contributed by atoms with Gasteiger partial charge in [-0.3, -0.25) is 0 Å². The third-order valence-electron chi connectivity index (χ3n) is 3.71. The van der Waals surface area contributed by atoms with E-state index in [4.69, 9.17) is 11.6 Å². The van der Waals surface area contributed by atoms with Crippen molar-refractivity contribution in [3.63, 3.8) is 0 Å². The van der Waals surface area contributed by atoms with Crippen molar-refractivity contribution in [1.29, 1.82) is 0 Å². The molecule has 106 valence electrons. The maximum absolute atomic E-state index is 6.15. The van der Waals surface area contributed by atoms with Crippen molar-refractivity contribution in [2.75, 3.05) is 5.75 Å². The molecular formula is C15H18ClN3S. The minimum atomic E-state index is 0.218. The molecule has 2 unspecified atom stereocenters. The van der Waals surface area contributed by atoms with Crippen LogP contribution in [0.3, 0.4) is 0 Å². The van der Waals surface area contributed by atoms with Gasteiger partial charge in [0, 0.05) is 35.4 Å². The normalized spacial score (nSPS) is 19.6. The molecule has 3 rings (SSSR count). The van der Waals surface area contributed by atoms with Gasteiger partial charge < -0.3 is 9.88 Å². The van der Waals surface area contributed by atoms with E-state index in [1.807, 2.05) is 37.3 Å². The molecule has 0 fully saturated rings. The zero-order valence-electron chi connectivity index (χ0n) is 11.6. The second-order valence-corrected chi connectivity index (χ2v) is 6.73. The topological polar surface area (TPSA) is 29.9 Å². The Morgan fingerprint density at radius 3 is 3.10 bits per heavy atom. The number of hydrogen-bond acceptors (Lipinski definition) is 3. The number of benzene rings is 1. The first-order valence-corrected chi connectivity index (χ1v) is 8.17. The number of aromatic nitrogens is 2. The van der Waals surface area contributed by atoms with Crippen LogP contribution in [0, 0.1) is 0 Å². The highest BCUT2D eigenvalue weighted by Gasteiger charge is 2.23. The first kappa shape index (κ1) is 14.0. The van der Waals surface area contributed by atoms with E-state index in [9.17, 15) is 0 Å². The summed E-state index contributed by atoms with van der Waals surface area (Å²) >= 11 is 8.06. The third kappa shape index (κ3) is 2.73. The lowest BCUT2D eigenvalue weighted by Crippen LogP contribution is -2.28. The second kappa shape index (κ2) is 5.80. The summed E-state index contributed by atoms with van der Waals surface area (Å²) in [4.78, 5) is 5.76. The molecule has 0 saturated heterocycles. The van der Waals surface area contributed by atoms with Crippen molar-refractivity contribution in [3.05, 3.63) is 47.0 Å². The third-order valence-corrected chi connectivity index (χ3v) is 5.07. The quantitative estimate of drug-likeness (QED) is 0.931. The van der Waals surface area contributed by atoms with Crippen LogP contribution in [0.25, 0.3) is 0 Å². The SMILES string of the molecule is CC(NC1CCSc2ccc(Cl)cc21)c1nccn1C. The summed E-state index contributed by atoms with van der Waals surface area (Å²) in [7, 11) is 2.03. The molecule has 20 heavy (non-hydrogen) atoms. The van der Waals surface area contributed by atoms with Gasteiger partial charge in [-0.15, -0.1) is 11.8 Å². The van der Waals surface area contributed by atoms with Gasteiger partial charge in [0.25, 0.3) is 0 Å². The van der Waals surface area contributed by atoms with Crippen molar-refractivity contribution < 1.29 is 0 Å². The number of nitrogens with one attached hydrogen (secondary N) is 1. The number of nitrogens with zero attached hydrogens (tertiary/aromatic N) is 2. The summed E-state index contributed by atoms with van der Waals surface area (Å²) in [6.07, 6.45) is 4.94. The van der Waals surface area contributed by atoms with Crippen LogP contribution in [0.1, 0.15) is 36.8 Å². The van der Waals surface area contributed by atoms with E-state index in [2.05, 4.69) is 33.9 Å². The van der Waals surface area contributed by atoms with Gasteiger partial charge in [0.05, 0.1) is 6.04 Å². The molecule has 0 radical (unpaired) electrons. The Bertz CT molecular complexity index is 611. The molecular weight excluding hydrogens is 290 g/mol. The molecule has 0 amide bonds. The molecule has 0 bridgehead atoms.